The zero-order valence-electron chi connectivity index (χ0n) is 10.7. The van der Waals surface area contributed by atoms with E-state index in [0.717, 1.165) is 12.8 Å². The summed E-state index contributed by atoms with van der Waals surface area (Å²) in [5.74, 6) is 0. The molecule has 1 aliphatic rings. The van der Waals surface area contributed by atoms with Gasteiger partial charge < -0.3 is 0 Å². The van der Waals surface area contributed by atoms with Crippen LogP contribution in [0.4, 0.5) is 0 Å². The van der Waals surface area contributed by atoms with Crippen LogP contribution in [-0.4, -0.2) is 30.9 Å². The van der Waals surface area contributed by atoms with E-state index in [4.69, 9.17) is 0 Å². The van der Waals surface area contributed by atoms with Crippen LogP contribution < -0.4 is 4.72 Å². The zero-order chi connectivity index (χ0) is 13.9. The molecule has 0 spiro atoms. The molecule has 0 radical (unpaired) electrons. The minimum atomic E-state index is -3.47. The second-order valence-corrected chi connectivity index (χ2v) is 8.71. The fourth-order valence-electron chi connectivity index (χ4n) is 2.32. The first-order valence-electron chi connectivity index (χ1n) is 6.13. The van der Waals surface area contributed by atoms with Crippen LogP contribution in [-0.2, 0) is 10.0 Å². The number of aromatic nitrogens is 1. The van der Waals surface area contributed by atoms with Gasteiger partial charge >= 0.3 is 0 Å². The third-order valence-electron chi connectivity index (χ3n) is 3.52. The van der Waals surface area contributed by atoms with E-state index in [2.05, 4.69) is 31.9 Å². The molecule has 0 bridgehead atoms. The highest BCUT2D eigenvalue weighted by Crippen LogP contribution is 2.39. The van der Waals surface area contributed by atoms with Crippen molar-refractivity contribution < 1.29 is 8.42 Å². The minimum absolute atomic E-state index is 0.0620. The van der Waals surface area contributed by atoms with Gasteiger partial charge in [-0.05, 0) is 41.1 Å². The molecule has 19 heavy (non-hydrogen) atoms. The van der Waals surface area contributed by atoms with Crippen molar-refractivity contribution in [2.24, 2.45) is 0 Å². The van der Waals surface area contributed by atoms with Gasteiger partial charge in [0, 0.05) is 28.2 Å². The summed E-state index contributed by atoms with van der Waals surface area (Å²) in [5.41, 5.74) is 0. The number of nitrogens with one attached hydrogen (secondary N) is 1. The number of sulfonamides is 1. The average molecular weight is 365 g/mol. The molecule has 7 heteroatoms. The van der Waals surface area contributed by atoms with Gasteiger partial charge in [0.25, 0.3) is 0 Å². The molecule has 1 fully saturated rings. The molecule has 1 heterocycles. The molecule has 0 saturated heterocycles. The molecule has 1 aliphatic carbocycles. The Bertz CT molecular complexity index is 542. The molecule has 1 N–H and O–H groups in total. The molecule has 0 aromatic carbocycles. The van der Waals surface area contributed by atoms with Gasteiger partial charge in [-0.25, -0.2) is 13.1 Å². The van der Waals surface area contributed by atoms with Gasteiger partial charge in [-0.2, -0.15) is 11.8 Å². The third kappa shape index (κ3) is 3.71. The van der Waals surface area contributed by atoms with E-state index in [-0.39, 0.29) is 9.64 Å². The molecule has 0 atom stereocenters. The first kappa shape index (κ1) is 15.3. The summed E-state index contributed by atoms with van der Waals surface area (Å²) in [6, 6.07) is 1.57. The summed E-state index contributed by atoms with van der Waals surface area (Å²) in [6.07, 6.45) is 9.51. The quantitative estimate of drug-likeness (QED) is 0.872. The minimum Gasteiger partial charge on any atom is -0.262 e. The first-order valence-corrected chi connectivity index (χ1v) is 9.63. The Labute approximate surface area is 127 Å². The van der Waals surface area contributed by atoms with Crippen LogP contribution in [0.2, 0.25) is 0 Å². The number of rotatable bonds is 5. The number of pyridine rings is 1. The second kappa shape index (κ2) is 6.11. The maximum absolute atomic E-state index is 12.2. The van der Waals surface area contributed by atoms with Gasteiger partial charge in [0.1, 0.15) is 4.90 Å². The van der Waals surface area contributed by atoms with E-state index < -0.39 is 10.0 Å². The SMILES string of the molecule is CSC1(CNS(=O)(=O)c2cncc(Br)c2)CCCC1. The Hall–Kier alpha value is -0.110. The molecule has 0 aliphatic heterocycles. The maximum Gasteiger partial charge on any atom is 0.242 e. The fourth-order valence-corrected chi connectivity index (χ4v) is 4.96. The summed E-state index contributed by atoms with van der Waals surface area (Å²) in [4.78, 5) is 4.10. The zero-order valence-corrected chi connectivity index (χ0v) is 13.9. The predicted molar refractivity (Wildman–Crippen MR) is 81.8 cm³/mol. The van der Waals surface area contributed by atoms with Gasteiger partial charge in [-0.3, -0.25) is 4.98 Å². The summed E-state index contributed by atoms with van der Waals surface area (Å²) >= 11 is 5.00. The highest BCUT2D eigenvalue weighted by atomic mass is 79.9. The van der Waals surface area contributed by atoms with Crippen molar-refractivity contribution in [1.82, 2.24) is 9.71 Å². The highest BCUT2D eigenvalue weighted by Gasteiger charge is 2.34. The van der Waals surface area contributed by atoms with Crippen LogP contribution in [0, 0.1) is 0 Å². The number of thioether (sulfide) groups is 1. The highest BCUT2D eigenvalue weighted by molar-refractivity contribution is 9.10. The predicted octanol–water partition coefficient (Wildman–Crippen LogP) is 2.80. The topological polar surface area (TPSA) is 59.1 Å². The van der Waals surface area contributed by atoms with Gasteiger partial charge in [0.05, 0.1) is 0 Å². The lowest BCUT2D eigenvalue weighted by molar-refractivity contribution is 0.551. The molecule has 106 valence electrons. The van der Waals surface area contributed by atoms with E-state index >= 15 is 0 Å². The average Bonchev–Trinajstić information content (AvgIpc) is 2.86. The van der Waals surface area contributed by atoms with Crippen LogP contribution in [0.5, 0.6) is 0 Å². The van der Waals surface area contributed by atoms with Gasteiger partial charge in [-0.1, -0.05) is 12.8 Å². The van der Waals surface area contributed by atoms with Crippen molar-refractivity contribution >= 4 is 37.7 Å². The number of halogens is 1. The Morgan fingerprint density at radius 3 is 2.68 bits per heavy atom. The molecule has 0 unspecified atom stereocenters. The van der Waals surface area contributed by atoms with Crippen LogP contribution in [0.1, 0.15) is 25.7 Å². The van der Waals surface area contributed by atoms with E-state index in [1.807, 2.05) is 0 Å². The third-order valence-corrected chi connectivity index (χ3v) is 6.74. The van der Waals surface area contributed by atoms with E-state index in [1.54, 1.807) is 24.0 Å². The normalized spacial score (nSPS) is 18.6. The Kier molecular flexibility index (Phi) is 4.92. The van der Waals surface area contributed by atoms with Gasteiger partial charge in [0.15, 0.2) is 0 Å². The van der Waals surface area contributed by atoms with Crippen molar-refractivity contribution in [3.05, 3.63) is 22.9 Å². The van der Waals surface area contributed by atoms with Gasteiger partial charge in [0.2, 0.25) is 10.0 Å². The molecule has 4 nitrogen and oxygen atoms in total. The number of nitrogens with zero attached hydrogens (tertiary/aromatic N) is 1. The fraction of sp³-hybridized carbons (Fsp3) is 0.583. The van der Waals surface area contributed by atoms with E-state index in [0.29, 0.717) is 11.0 Å². The van der Waals surface area contributed by atoms with Gasteiger partial charge in [-0.15, -0.1) is 0 Å². The standard InChI is InChI=1S/C12H17BrN2O2S2/c1-18-12(4-2-3-5-12)9-15-19(16,17)11-6-10(13)7-14-8-11/h6-8,15H,2-5,9H2,1H3. The Balaban J connectivity index is 2.09. The number of hydrogen-bond acceptors (Lipinski definition) is 4. The molecule has 1 saturated carbocycles. The lowest BCUT2D eigenvalue weighted by atomic mass is 10.1. The summed E-state index contributed by atoms with van der Waals surface area (Å²) in [6.45, 7) is 0.489. The maximum atomic E-state index is 12.2. The second-order valence-electron chi connectivity index (χ2n) is 4.76. The largest absolute Gasteiger partial charge is 0.262 e. The summed E-state index contributed by atoms with van der Waals surface area (Å²) in [7, 11) is -3.47. The molecule has 2 rings (SSSR count). The van der Waals surface area contributed by atoms with Crippen LogP contribution in [0.15, 0.2) is 27.8 Å². The van der Waals surface area contributed by atoms with E-state index in [1.165, 1.54) is 19.0 Å². The van der Waals surface area contributed by atoms with Crippen LogP contribution >= 0.6 is 27.7 Å². The van der Waals surface area contributed by atoms with E-state index in [9.17, 15) is 8.42 Å². The van der Waals surface area contributed by atoms with Crippen molar-refractivity contribution in [2.75, 3.05) is 12.8 Å². The molecular formula is C12H17BrN2O2S2. The molecular weight excluding hydrogens is 348 g/mol. The molecule has 1 aromatic rings. The lowest BCUT2D eigenvalue weighted by Gasteiger charge is -2.26. The monoisotopic (exact) mass is 364 g/mol. The Morgan fingerprint density at radius 1 is 1.42 bits per heavy atom. The lowest BCUT2D eigenvalue weighted by Crippen LogP contribution is -2.38. The van der Waals surface area contributed by atoms with Crippen LogP contribution in [0.3, 0.4) is 0 Å². The van der Waals surface area contributed by atoms with Crippen molar-refractivity contribution in [2.45, 2.75) is 35.3 Å². The molecule has 1 aromatic heterocycles. The van der Waals surface area contributed by atoms with Crippen LogP contribution in [0.25, 0.3) is 0 Å². The smallest absolute Gasteiger partial charge is 0.242 e. The molecule has 0 amide bonds. The Morgan fingerprint density at radius 2 is 2.11 bits per heavy atom. The van der Waals surface area contributed by atoms with Crippen molar-refractivity contribution in [3.63, 3.8) is 0 Å². The van der Waals surface area contributed by atoms with Crippen molar-refractivity contribution in [3.8, 4) is 0 Å². The first-order chi connectivity index (χ1) is 8.97. The summed E-state index contributed by atoms with van der Waals surface area (Å²) < 4.78 is 27.9. The summed E-state index contributed by atoms with van der Waals surface area (Å²) in [5, 5.41) is 0. The number of hydrogen-bond donors (Lipinski definition) is 1. The van der Waals surface area contributed by atoms with Crippen molar-refractivity contribution in [1.29, 1.82) is 0 Å².